The van der Waals surface area contributed by atoms with E-state index in [2.05, 4.69) is 6.92 Å². The van der Waals surface area contributed by atoms with Gasteiger partial charge in [0, 0.05) is 0 Å². The van der Waals surface area contributed by atoms with Gasteiger partial charge in [-0.2, -0.15) is 0 Å². The van der Waals surface area contributed by atoms with Crippen LogP contribution in [0.1, 0.15) is 138 Å². The van der Waals surface area contributed by atoms with Crippen molar-refractivity contribution in [3.8, 4) is 23.0 Å². The number of phenolic OH excluding ortho intramolecular Hbond substituents is 2. The number of carboxylic acid groups (broad SMARTS) is 1. The fraction of sp³-hybridized carbons (Fsp3) is 0.629. The number of phenols is 2. The first-order valence-corrected chi connectivity index (χ1v) is 16.2. The smallest absolute Gasteiger partial charge is 0.335 e. The molecule has 230 valence electrons. The summed E-state index contributed by atoms with van der Waals surface area (Å²) in [7, 11) is 0. The molecular formula is C35H54O6. The van der Waals surface area contributed by atoms with Crippen molar-refractivity contribution in [1.29, 1.82) is 0 Å². The largest absolute Gasteiger partial charge is 0.504 e. The van der Waals surface area contributed by atoms with E-state index in [9.17, 15) is 20.1 Å². The van der Waals surface area contributed by atoms with E-state index in [0.29, 0.717) is 36.7 Å². The van der Waals surface area contributed by atoms with Gasteiger partial charge in [-0.25, -0.2) is 4.79 Å². The minimum atomic E-state index is -0.991. The molecule has 2 rings (SSSR count). The molecular weight excluding hydrogens is 516 g/mol. The second-order valence-corrected chi connectivity index (χ2v) is 11.2. The molecule has 0 aliphatic heterocycles. The van der Waals surface area contributed by atoms with Crippen molar-refractivity contribution in [1.82, 2.24) is 0 Å². The van der Waals surface area contributed by atoms with Crippen molar-refractivity contribution in [3.05, 3.63) is 47.5 Å². The van der Waals surface area contributed by atoms with Gasteiger partial charge in [0.05, 0.1) is 18.8 Å². The maximum Gasteiger partial charge on any atom is 0.335 e. The second-order valence-electron chi connectivity index (χ2n) is 11.2. The minimum Gasteiger partial charge on any atom is -0.504 e. The third kappa shape index (κ3) is 15.1. The topological polar surface area (TPSA) is 96.2 Å². The number of hydrogen-bond donors (Lipinski definition) is 3. The molecule has 0 fully saturated rings. The first-order chi connectivity index (χ1) is 20.0. The number of ether oxygens (including phenoxy) is 2. The number of rotatable bonds is 25. The van der Waals surface area contributed by atoms with Crippen LogP contribution in [0.2, 0.25) is 0 Å². The summed E-state index contributed by atoms with van der Waals surface area (Å²) >= 11 is 0. The van der Waals surface area contributed by atoms with Gasteiger partial charge in [-0.1, -0.05) is 115 Å². The highest BCUT2D eigenvalue weighted by atomic mass is 16.5. The maximum atomic E-state index is 11.4. The van der Waals surface area contributed by atoms with Crippen molar-refractivity contribution in [2.24, 2.45) is 0 Å². The van der Waals surface area contributed by atoms with E-state index in [0.717, 1.165) is 25.7 Å². The standard InChI is InChI=1S/C35H54O6/c1-2-3-4-5-6-7-8-9-10-11-12-13-14-15-16-18-26-41-33-28-30(35(38)39)24-25-32(33)40-27-19-17-21-29-22-20-23-31(36)34(29)37/h20,22-25,28,36-37H,2-19,21,26-27H2,1H3,(H,38,39). The average Bonchev–Trinajstić information content (AvgIpc) is 2.97. The molecule has 0 saturated carbocycles. The van der Waals surface area contributed by atoms with Crippen molar-refractivity contribution in [2.75, 3.05) is 13.2 Å². The van der Waals surface area contributed by atoms with E-state index in [1.54, 1.807) is 18.2 Å². The summed E-state index contributed by atoms with van der Waals surface area (Å²) in [5.74, 6) is -0.149. The SMILES string of the molecule is CCCCCCCCCCCCCCCCCCOc1cc(C(=O)O)ccc1OCCCCc1cccc(O)c1O. The van der Waals surface area contributed by atoms with E-state index >= 15 is 0 Å². The number of aryl methyl sites for hydroxylation is 1. The number of benzene rings is 2. The van der Waals surface area contributed by atoms with E-state index in [4.69, 9.17) is 9.47 Å². The molecule has 41 heavy (non-hydrogen) atoms. The highest BCUT2D eigenvalue weighted by Gasteiger charge is 2.11. The molecule has 0 radical (unpaired) electrons. The molecule has 0 aromatic heterocycles. The van der Waals surface area contributed by atoms with Gasteiger partial charge in [0.1, 0.15) is 0 Å². The summed E-state index contributed by atoms with van der Waals surface area (Å²) in [6, 6.07) is 9.70. The van der Waals surface area contributed by atoms with Gasteiger partial charge in [0.25, 0.3) is 0 Å². The van der Waals surface area contributed by atoms with Crippen LogP contribution in [0, 0.1) is 0 Å². The van der Waals surface area contributed by atoms with Crippen LogP contribution in [0.15, 0.2) is 36.4 Å². The zero-order valence-electron chi connectivity index (χ0n) is 25.4. The monoisotopic (exact) mass is 570 g/mol. The number of para-hydroxylation sites is 1. The van der Waals surface area contributed by atoms with Crippen LogP contribution in [0.25, 0.3) is 0 Å². The van der Waals surface area contributed by atoms with Crippen LogP contribution in [0.4, 0.5) is 0 Å². The molecule has 0 unspecified atom stereocenters. The fourth-order valence-electron chi connectivity index (χ4n) is 5.08. The predicted octanol–water partition coefficient (Wildman–Crippen LogP) is 9.84. The summed E-state index contributed by atoms with van der Waals surface area (Å²) in [5, 5.41) is 28.9. The van der Waals surface area contributed by atoms with E-state index in [1.165, 1.54) is 108 Å². The lowest BCUT2D eigenvalue weighted by Crippen LogP contribution is -2.05. The summed E-state index contributed by atoms with van der Waals surface area (Å²) in [5.41, 5.74) is 0.886. The lowest BCUT2D eigenvalue weighted by atomic mass is 10.0. The van der Waals surface area contributed by atoms with Crippen LogP contribution in [0.3, 0.4) is 0 Å². The maximum absolute atomic E-state index is 11.4. The molecule has 0 aliphatic carbocycles. The molecule has 6 nitrogen and oxygen atoms in total. The van der Waals surface area contributed by atoms with Gasteiger partial charge in [-0.15, -0.1) is 0 Å². The van der Waals surface area contributed by atoms with Crippen molar-refractivity contribution in [3.63, 3.8) is 0 Å². The molecule has 0 saturated heterocycles. The van der Waals surface area contributed by atoms with Crippen molar-refractivity contribution < 1.29 is 29.6 Å². The molecule has 2 aromatic carbocycles. The van der Waals surface area contributed by atoms with E-state index < -0.39 is 5.97 Å². The Balaban J connectivity index is 1.55. The molecule has 6 heteroatoms. The van der Waals surface area contributed by atoms with Gasteiger partial charge in [0.2, 0.25) is 0 Å². The number of carboxylic acids is 1. The highest BCUT2D eigenvalue weighted by molar-refractivity contribution is 5.88. The number of unbranched alkanes of at least 4 members (excludes halogenated alkanes) is 16. The van der Waals surface area contributed by atoms with Crippen LogP contribution >= 0.6 is 0 Å². The Morgan fingerprint density at radius 2 is 1.15 bits per heavy atom. The molecule has 0 aliphatic rings. The quantitative estimate of drug-likeness (QED) is 0.0812. The Kier molecular flexibility index (Phi) is 18.2. The molecule has 2 aromatic rings. The first-order valence-electron chi connectivity index (χ1n) is 16.2. The average molecular weight is 571 g/mol. The minimum absolute atomic E-state index is 0.0672. The van der Waals surface area contributed by atoms with Crippen LogP contribution < -0.4 is 9.47 Å². The lowest BCUT2D eigenvalue weighted by Gasteiger charge is -2.14. The van der Waals surface area contributed by atoms with Gasteiger partial charge in [0.15, 0.2) is 23.0 Å². The Labute approximate surface area is 248 Å². The predicted molar refractivity (Wildman–Crippen MR) is 167 cm³/mol. The zero-order chi connectivity index (χ0) is 29.5. The van der Waals surface area contributed by atoms with Gasteiger partial charge in [-0.05, 0) is 55.5 Å². The normalized spacial score (nSPS) is 11.0. The third-order valence-corrected chi connectivity index (χ3v) is 7.64. The number of hydrogen-bond acceptors (Lipinski definition) is 5. The number of aromatic hydroxyl groups is 2. The van der Waals surface area contributed by atoms with Gasteiger partial charge < -0.3 is 24.8 Å². The van der Waals surface area contributed by atoms with Crippen LogP contribution in [-0.4, -0.2) is 34.5 Å². The fourth-order valence-corrected chi connectivity index (χ4v) is 5.08. The van der Waals surface area contributed by atoms with Gasteiger partial charge in [-0.3, -0.25) is 0 Å². The van der Waals surface area contributed by atoms with Crippen LogP contribution in [0.5, 0.6) is 23.0 Å². The summed E-state index contributed by atoms with van der Waals surface area (Å²) in [6.45, 7) is 3.25. The number of aromatic carboxylic acids is 1. The van der Waals surface area contributed by atoms with Gasteiger partial charge >= 0.3 is 5.97 Å². The Morgan fingerprint density at radius 3 is 1.71 bits per heavy atom. The first kappa shape index (κ1) is 34.3. The van der Waals surface area contributed by atoms with E-state index in [-0.39, 0.29) is 17.1 Å². The van der Waals surface area contributed by atoms with Crippen molar-refractivity contribution in [2.45, 2.75) is 129 Å². The third-order valence-electron chi connectivity index (χ3n) is 7.64. The summed E-state index contributed by atoms with van der Waals surface area (Å²) < 4.78 is 11.9. The van der Waals surface area contributed by atoms with E-state index in [1.807, 2.05) is 0 Å². The molecule has 0 spiro atoms. The molecule has 0 amide bonds. The molecule has 0 bridgehead atoms. The summed E-state index contributed by atoms with van der Waals surface area (Å²) in [6.07, 6.45) is 23.2. The Hall–Kier alpha value is -2.89. The van der Waals surface area contributed by atoms with Crippen molar-refractivity contribution >= 4 is 5.97 Å². The number of carbonyl (C=O) groups is 1. The molecule has 0 atom stereocenters. The highest BCUT2D eigenvalue weighted by Crippen LogP contribution is 2.31. The van der Waals surface area contributed by atoms with Crippen LogP contribution in [-0.2, 0) is 6.42 Å². The molecule has 0 heterocycles. The zero-order valence-corrected chi connectivity index (χ0v) is 25.4. The lowest BCUT2D eigenvalue weighted by molar-refractivity contribution is 0.0696. The molecule has 3 N–H and O–H groups in total. The second kappa shape index (κ2) is 21.8. The Morgan fingerprint density at radius 1 is 0.634 bits per heavy atom. The summed E-state index contributed by atoms with van der Waals surface area (Å²) in [4.78, 5) is 11.4. The Bertz CT molecular complexity index is 973.